The number of hydrogen-bond acceptors (Lipinski definition) is 9. The number of Topliss-reactive ketones (excluding diaryl/α,β-unsaturated/α-hetero) is 1. The zero-order chi connectivity index (χ0) is 25.1. The van der Waals surface area contributed by atoms with Crippen molar-refractivity contribution in [2.45, 2.75) is 73.0 Å². The lowest BCUT2D eigenvalue weighted by molar-refractivity contribution is -0.153. The Kier molecular flexibility index (Phi) is 12.9. The molecule has 0 saturated carbocycles. The standard InChI is InChI=1S/C21H38NO9P/c1-9-30-32(27,31-10-2)21(7,8)11-20(26)29-14-18(13-28-17(6)24)22(16(5)23)12-19(25)15(3)4/h15,18H,9-14H2,1-8H3. The molecule has 10 nitrogen and oxygen atoms in total. The van der Waals surface area contributed by atoms with Crippen LogP contribution in [0.5, 0.6) is 0 Å². The predicted octanol–water partition coefficient (Wildman–Crippen LogP) is 2.97. The minimum Gasteiger partial charge on any atom is -0.464 e. The third kappa shape index (κ3) is 9.79. The summed E-state index contributed by atoms with van der Waals surface area (Å²) in [5, 5.41) is -1.16. The first-order chi connectivity index (χ1) is 14.7. The Hall–Kier alpha value is -1.77. The Balaban J connectivity index is 5.42. The van der Waals surface area contributed by atoms with E-state index in [0.29, 0.717) is 0 Å². The van der Waals surface area contributed by atoms with Crippen molar-refractivity contribution < 1.29 is 42.3 Å². The van der Waals surface area contributed by atoms with Crippen molar-refractivity contribution in [2.24, 2.45) is 5.92 Å². The van der Waals surface area contributed by atoms with Crippen LogP contribution in [-0.4, -0.2) is 72.7 Å². The number of carbonyl (C=O) groups excluding carboxylic acids is 4. The second-order valence-corrected chi connectivity index (χ2v) is 11.0. The molecule has 0 N–H and O–H groups in total. The maximum Gasteiger partial charge on any atom is 0.336 e. The number of carbonyl (C=O) groups is 4. The number of nitrogens with zero attached hydrogens (tertiary/aromatic N) is 1. The maximum atomic E-state index is 13.1. The zero-order valence-electron chi connectivity index (χ0n) is 20.5. The minimum absolute atomic E-state index is 0.150. The van der Waals surface area contributed by atoms with Gasteiger partial charge in [0.2, 0.25) is 5.91 Å². The molecular weight excluding hydrogens is 441 g/mol. The molecule has 0 fully saturated rings. The van der Waals surface area contributed by atoms with Crippen LogP contribution in [0.15, 0.2) is 0 Å². The number of ketones is 1. The van der Waals surface area contributed by atoms with Crippen LogP contribution >= 0.6 is 7.60 Å². The molecule has 186 valence electrons. The Labute approximate surface area is 190 Å². The van der Waals surface area contributed by atoms with E-state index < -0.39 is 36.6 Å². The van der Waals surface area contributed by atoms with Crippen molar-refractivity contribution in [1.29, 1.82) is 0 Å². The smallest absolute Gasteiger partial charge is 0.336 e. The van der Waals surface area contributed by atoms with Gasteiger partial charge in [0.25, 0.3) is 0 Å². The average Bonchev–Trinajstić information content (AvgIpc) is 2.65. The molecule has 0 saturated heterocycles. The molecule has 1 atom stereocenters. The van der Waals surface area contributed by atoms with Crippen molar-refractivity contribution in [2.75, 3.05) is 33.0 Å². The average molecular weight is 480 g/mol. The molecule has 0 aromatic heterocycles. The number of esters is 2. The number of ether oxygens (including phenoxy) is 2. The van der Waals surface area contributed by atoms with Gasteiger partial charge in [0.1, 0.15) is 19.3 Å². The number of rotatable bonds is 15. The van der Waals surface area contributed by atoms with Crippen LogP contribution < -0.4 is 0 Å². The highest BCUT2D eigenvalue weighted by atomic mass is 31.2. The molecule has 0 heterocycles. The molecule has 0 spiro atoms. The molecule has 0 radical (unpaired) electrons. The third-order valence-electron chi connectivity index (χ3n) is 4.65. The van der Waals surface area contributed by atoms with Gasteiger partial charge in [-0.15, -0.1) is 0 Å². The second-order valence-electron chi connectivity index (χ2n) is 8.23. The molecule has 11 heteroatoms. The van der Waals surface area contributed by atoms with Gasteiger partial charge in [0.15, 0.2) is 5.78 Å². The molecule has 0 aliphatic rings. The van der Waals surface area contributed by atoms with Gasteiger partial charge >= 0.3 is 19.5 Å². The minimum atomic E-state index is -3.59. The summed E-state index contributed by atoms with van der Waals surface area (Å²) in [4.78, 5) is 49.4. The van der Waals surface area contributed by atoms with Crippen LogP contribution in [0, 0.1) is 5.92 Å². The first-order valence-corrected chi connectivity index (χ1v) is 12.2. The van der Waals surface area contributed by atoms with Gasteiger partial charge in [-0.05, 0) is 27.7 Å². The lowest BCUT2D eigenvalue weighted by atomic mass is 10.1. The van der Waals surface area contributed by atoms with Gasteiger partial charge < -0.3 is 23.4 Å². The molecule has 0 aromatic carbocycles. The number of amides is 1. The van der Waals surface area contributed by atoms with E-state index in [1.807, 2.05) is 0 Å². The highest BCUT2D eigenvalue weighted by molar-refractivity contribution is 7.55. The van der Waals surface area contributed by atoms with Crippen LogP contribution in [0.25, 0.3) is 0 Å². The van der Waals surface area contributed by atoms with E-state index in [-0.39, 0.29) is 51.1 Å². The maximum absolute atomic E-state index is 13.1. The van der Waals surface area contributed by atoms with E-state index in [2.05, 4.69) is 0 Å². The summed E-state index contributed by atoms with van der Waals surface area (Å²) in [5.74, 6) is -2.18. The fourth-order valence-electron chi connectivity index (χ4n) is 2.71. The van der Waals surface area contributed by atoms with Gasteiger partial charge in [-0.3, -0.25) is 23.7 Å². The molecule has 32 heavy (non-hydrogen) atoms. The first-order valence-electron chi connectivity index (χ1n) is 10.7. The van der Waals surface area contributed by atoms with Crippen molar-refractivity contribution in [3.63, 3.8) is 0 Å². The van der Waals surface area contributed by atoms with Gasteiger partial charge in [-0.1, -0.05) is 13.8 Å². The van der Waals surface area contributed by atoms with Crippen molar-refractivity contribution in [3.05, 3.63) is 0 Å². The van der Waals surface area contributed by atoms with Crippen molar-refractivity contribution in [3.8, 4) is 0 Å². The van der Waals surface area contributed by atoms with Crippen LogP contribution in [0.4, 0.5) is 0 Å². The predicted molar refractivity (Wildman–Crippen MR) is 118 cm³/mol. The Bertz CT molecular complexity index is 695. The summed E-state index contributed by atoms with van der Waals surface area (Å²) in [6, 6.07) is -0.850. The van der Waals surface area contributed by atoms with E-state index in [1.165, 1.54) is 18.7 Å². The lowest BCUT2D eigenvalue weighted by Gasteiger charge is -2.33. The molecule has 0 aromatic rings. The fraction of sp³-hybridized carbons (Fsp3) is 0.810. The monoisotopic (exact) mass is 479 g/mol. The highest BCUT2D eigenvalue weighted by Gasteiger charge is 2.45. The van der Waals surface area contributed by atoms with Crippen molar-refractivity contribution in [1.82, 2.24) is 4.90 Å². The largest absolute Gasteiger partial charge is 0.464 e. The first kappa shape index (κ1) is 30.2. The van der Waals surface area contributed by atoms with Gasteiger partial charge in [0.05, 0.1) is 31.3 Å². The summed E-state index contributed by atoms with van der Waals surface area (Å²) >= 11 is 0. The molecule has 0 bridgehead atoms. The topological polar surface area (TPSA) is 126 Å². The zero-order valence-corrected chi connectivity index (χ0v) is 21.4. The Morgan fingerprint density at radius 2 is 1.44 bits per heavy atom. The van der Waals surface area contributed by atoms with Crippen LogP contribution in [-0.2, 0) is 42.3 Å². The van der Waals surface area contributed by atoms with E-state index in [1.54, 1.807) is 41.5 Å². The quantitative estimate of drug-likeness (QED) is 0.257. The Morgan fingerprint density at radius 1 is 0.938 bits per heavy atom. The molecule has 0 rings (SSSR count). The summed E-state index contributed by atoms with van der Waals surface area (Å²) in [6.07, 6.45) is -0.268. The molecule has 0 aliphatic carbocycles. The summed E-state index contributed by atoms with van der Waals surface area (Å²) < 4.78 is 34.1. The Morgan fingerprint density at radius 3 is 1.84 bits per heavy atom. The lowest BCUT2D eigenvalue weighted by Crippen LogP contribution is -2.48. The summed E-state index contributed by atoms with van der Waals surface area (Å²) in [6.45, 7) is 12.0. The van der Waals surface area contributed by atoms with Gasteiger partial charge in [-0.2, -0.15) is 0 Å². The summed E-state index contributed by atoms with van der Waals surface area (Å²) in [7, 11) is -3.59. The van der Waals surface area contributed by atoms with Crippen LogP contribution in [0.2, 0.25) is 0 Å². The van der Waals surface area contributed by atoms with Gasteiger partial charge in [-0.25, -0.2) is 0 Å². The van der Waals surface area contributed by atoms with E-state index in [4.69, 9.17) is 18.5 Å². The highest BCUT2D eigenvalue weighted by Crippen LogP contribution is 2.61. The molecule has 1 amide bonds. The van der Waals surface area contributed by atoms with Crippen molar-refractivity contribution >= 4 is 31.2 Å². The number of hydrogen-bond donors (Lipinski definition) is 0. The van der Waals surface area contributed by atoms with E-state index in [0.717, 1.165) is 0 Å². The normalized spacial score (nSPS) is 12.9. The van der Waals surface area contributed by atoms with Crippen LogP contribution in [0.3, 0.4) is 0 Å². The third-order valence-corrected chi connectivity index (χ3v) is 7.48. The van der Waals surface area contributed by atoms with Gasteiger partial charge in [0, 0.05) is 19.8 Å². The molecular formula is C21H38NO9P. The van der Waals surface area contributed by atoms with E-state index >= 15 is 0 Å². The molecule has 1 unspecified atom stereocenters. The second kappa shape index (κ2) is 13.7. The fourth-order valence-corrected chi connectivity index (χ4v) is 4.48. The SMILES string of the molecule is CCOP(=O)(OCC)C(C)(C)CC(=O)OCC(COC(C)=O)N(CC(=O)C(C)C)C(C)=O. The van der Waals surface area contributed by atoms with Crippen LogP contribution in [0.1, 0.15) is 61.8 Å². The van der Waals surface area contributed by atoms with E-state index in [9.17, 15) is 23.7 Å². The summed E-state index contributed by atoms with van der Waals surface area (Å²) in [5.41, 5.74) is 0. The molecule has 0 aliphatic heterocycles.